The summed E-state index contributed by atoms with van der Waals surface area (Å²) in [4.78, 5) is 11.4. The summed E-state index contributed by atoms with van der Waals surface area (Å²) in [6, 6.07) is 5.85. The van der Waals surface area contributed by atoms with Gasteiger partial charge in [0.05, 0.1) is 5.56 Å². The zero-order chi connectivity index (χ0) is 9.64. The van der Waals surface area contributed by atoms with Gasteiger partial charge >= 0.3 is 5.97 Å². The maximum atomic E-state index is 11.4. The van der Waals surface area contributed by atoms with Crippen molar-refractivity contribution in [3.8, 4) is 0 Å². The van der Waals surface area contributed by atoms with Crippen LogP contribution in [-0.2, 0) is 10.3 Å². The average molecular weight is 176 g/mol. The zero-order valence-electron chi connectivity index (χ0n) is 8.05. The van der Waals surface area contributed by atoms with E-state index in [1.165, 1.54) is 0 Å². The molecule has 0 bridgehead atoms. The summed E-state index contributed by atoms with van der Waals surface area (Å²) in [5.41, 5.74) is 2.33. The molecule has 0 atom stereocenters. The van der Waals surface area contributed by atoms with Gasteiger partial charge in [0, 0.05) is 5.56 Å². The number of cyclic esters (lactones) is 1. The highest BCUT2D eigenvalue weighted by molar-refractivity contribution is 5.94. The fourth-order valence-electron chi connectivity index (χ4n) is 1.69. The predicted octanol–water partition coefficient (Wildman–Crippen LogP) is 2.40. The first-order valence-electron chi connectivity index (χ1n) is 4.35. The molecule has 0 unspecified atom stereocenters. The van der Waals surface area contributed by atoms with Crippen molar-refractivity contribution in [1.82, 2.24) is 0 Å². The number of fused-ring (bicyclic) bond motifs is 1. The van der Waals surface area contributed by atoms with Crippen LogP contribution in [0.15, 0.2) is 18.2 Å². The molecule has 0 spiro atoms. The van der Waals surface area contributed by atoms with E-state index in [2.05, 4.69) is 0 Å². The highest BCUT2D eigenvalue weighted by Gasteiger charge is 2.37. The summed E-state index contributed by atoms with van der Waals surface area (Å²) < 4.78 is 5.24. The number of hydrogen-bond acceptors (Lipinski definition) is 2. The quantitative estimate of drug-likeness (QED) is 0.567. The molecule has 2 rings (SSSR count). The number of benzene rings is 1. The molecular formula is C11H12O2. The Morgan fingerprint density at radius 2 is 2.00 bits per heavy atom. The van der Waals surface area contributed by atoms with Crippen LogP contribution in [0, 0.1) is 6.92 Å². The van der Waals surface area contributed by atoms with Crippen LogP contribution in [-0.4, -0.2) is 5.97 Å². The smallest absolute Gasteiger partial charge is 0.339 e. The van der Waals surface area contributed by atoms with Crippen molar-refractivity contribution in [2.24, 2.45) is 0 Å². The minimum Gasteiger partial charge on any atom is -0.451 e. The Labute approximate surface area is 77.5 Å². The molecule has 1 aliphatic rings. The van der Waals surface area contributed by atoms with Crippen molar-refractivity contribution < 1.29 is 9.53 Å². The molecular weight excluding hydrogens is 164 g/mol. The summed E-state index contributed by atoms with van der Waals surface area (Å²) in [5, 5.41) is 0. The highest BCUT2D eigenvalue weighted by atomic mass is 16.6. The van der Waals surface area contributed by atoms with E-state index in [-0.39, 0.29) is 5.97 Å². The van der Waals surface area contributed by atoms with Gasteiger partial charge in [0.15, 0.2) is 0 Å². The number of carbonyl (C=O) groups is 1. The van der Waals surface area contributed by atoms with Gasteiger partial charge in [-0.1, -0.05) is 17.7 Å². The highest BCUT2D eigenvalue weighted by Crippen LogP contribution is 2.35. The Kier molecular flexibility index (Phi) is 1.50. The van der Waals surface area contributed by atoms with Gasteiger partial charge in [-0.15, -0.1) is 0 Å². The van der Waals surface area contributed by atoms with Crippen LogP contribution in [0.3, 0.4) is 0 Å². The predicted molar refractivity (Wildman–Crippen MR) is 49.6 cm³/mol. The second-order valence-electron chi connectivity index (χ2n) is 3.95. The molecule has 0 N–H and O–H groups in total. The Morgan fingerprint density at radius 3 is 2.69 bits per heavy atom. The first-order chi connectivity index (χ1) is 6.00. The van der Waals surface area contributed by atoms with Gasteiger partial charge < -0.3 is 4.74 Å². The Balaban J connectivity index is 2.66. The second-order valence-corrected chi connectivity index (χ2v) is 3.95. The molecule has 0 aromatic heterocycles. The van der Waals surface area contributed by atoms with Crippen LogP contribution < -0.4 is 0 Å². The van der Waals surface area contributed by atoms with Gasteiger partial charge in [-0.2, -0.15) is 0 Å². The third-order valence-corrected chi connectivity index (χ3v) is 2.39. The maximum Gasteiger partial charge on any atom is 0.339 e. The van der Waals surface area contributed by atoms with Crippen LogP contribution in [0.4, 0.5) is 0 Å². The number of esters is 1. The first-order valence-corrected chi connectivity index (χ1v) is 4.35. The third kappa shape index (κ3) is 1.13. The topological polar surface area (TPSA) is 26.3 Å². The van der Waals surface area contributed by atoms with Gasteiger partial charge in [-0.05, 0) is 26.8 Å². The SMILES string of the molecule is Cc1ccc2c(c1)C(=O)OC2(C)C. The summed E-state index contributed by atoms with van der Waals surface area (Å²) in [6.07, 6.45) is 0. The summed E-state index contributed by atoms with van der Waals surface area (Å²) >= 11 is 0. The summed E-state index contributed by atoms with van der Waals surface area (Å²) in [5.74, 6) is -0.205. The molecule has 2 nitrogen and oxygen atoms in total. The Morgan fingerprint density at radius 1 is 1.31 bits per heavy atom. The summed E-state index contributed by atoms with van der Waals surface area (Å²) in [7, 11) is 0. The fraction of sp³-hybridized carbons (Fsp3) is 0.364. The lowest BCUT2D eigenvalue weighted by molar-refractivity contribution is 0.00954. The van der Waals surface area contributed by atoms with E-state index in [0.717, 1.165) is 11.1 Å². The number of rotatable bonds is 0. The molecule has 0 saturated heterocycles. The molecule has 13 heavy (non-hydrogen) atoms. The molecule has 1 aromatic carbocycles. The Hall–Kier alpha value is -1.31. The van der Waals surface area contributed by atoms with E-state index >= 15 is 0 Å². The zero-order valence-corrected chi connectivity index (χ0v) is 8.05. The molecule has 0 fully saturated rings. The molecule has 1 aromatic rings. The molecule has 0 aliphatic carbocycles. The molecule has 0 saturated carbocycles. The third-order valence-electron chi connectivity index (χ3n) is 2.39. The Bertz CT molecular complexity index is 378. The van der Waals surface area contributed by atoms with E-state index < -0.39 is 5.60 Å². The van der Waals surface area contributed by atoms with E-state index in [4.69, 9.17) is 4.74 Å². The van der Waals surface area contributed by atoms with Gasteiger partial charge in [0.1, 0.15) is 5.60 Å². The average Bonchev–Trinajstić information content (AvgIpc) is 2.22. The van der Waals surface area contributed by atoms with Crippen LogP contribution in [0.2, 0.25) is 0 Å². The molecule has 1 aliphatic heterocycles. The number of ether oxygens (including phenoxy) is 1. The minimum absolute atomic E-state index is 0.205. The number of aryl methyl sites for hydroxylation is 1. The van der Waals surface area contributed by atoms with Crippen LogP contribution >= 0.6 is 0 Å². The van der Waals surface area contributed by atoms with Gasteiger partial charge in [-0.3, -0.25) is 0 Å². The summed E-state index contributed by atoms with van der Waals surface area (Å²) in [6.45, 7) is 5.79. The van der Waals surface area contributed by atoms with Crippen molar-refractivity contribution in [1.29, 1.82) is 0 Å². The van der Waals surface area contributed by atoms with Gasteiger partial charge in [0.2, 0.25) is 0 Å². The minimum atomic E-state index is -0.458. The van der Waals surface area contributed by atoms with Crippen molar-refractivity contribution in [2.45, 2.75) is 26.4 Å². The van der Waals surface area contributed by atoms with E-state index in [9.17, 15) is 4.79 Å². The van der Waals surface area contributed by atoms with E-state index in [1.54, 1.807) is 0 Å². The van der Waals surface area contributed by atoms with Crippen molar-refractivity contribution in [3.05, 3.63) is 34.9 Å². The van der Waals surface area contributed by atoms with Crippen molar-refractivity contribution >= 4 is 5.97 Å². The van der Waals surface area contributed by atoms with Crippen molar-refractivity contribution in [3.63, 3.8) is 0 Å². The van der Waals surface area contributed by atoms with E-state index in [1.807, 2.05) is 39.0 Å². The molecule has 0 radical (unpaired) electrons. The molecule has 2 heteroatoms. The van der Waals surface area contributed by atoms with Crippen molar-refractivity contribution in [2.75, 3.05) is 0 Å². The normalized spacial score (nSPS) is 18.2. The monoisotopic (exact) mass is 176 g/mol. The van der Waals surface area contributed by atoms with Crippen LogP contribution in [0.5, 0.6) is 0 Å². The largest absolute Gasteiger partial charge is 0.451 e. The number of hydrogen-bond donors (Lipinski definition) is 0. The molecule has 68 valence electrons. The fourth-order valence-corrected chi connectivity index (χ4v) is 1.69. The maximum absolute atomic E-state index is 11.4. The van der Waals surface area contributed by atoms with Crippen LogP contribution in [0.1, 0.15) is 35.3 Å². The first kappa shape index (κ1) is 8.30. The molecule has 0 amide bonds. The lowest BCUT2D eigenvalue weighted by atomic mass is 9.95. The van der Waals surface area contributed by atoms with Crippen LogP contribution in [0.25, 0.3) is 0 Å². The van der Waals surface area contributed by atoms with Gasteiger partial charge in [0.25, 0.3) is 0 Å². The lowest BCUT2D eigenvalue weighted by Crippen LogP contribution is -2.15. The number of carbonyl (C=O) groups excluding carboxylic acids is 1. The molecule has 1 heterocycles. The second kappa shape index (κ2) is 2.34. The lowest BCUT2D eigenvalue weighted by Gasteiger charge is -2.17. The van der Waals surface area contributed by atoms with E-state index in [0.29, 0.717) is 5.56 Å². The van der Waals surface area contributed by atoms with Gasteiger partial charge in [-0.25, -0.2) is 4.79 Å². The standard InChI is InChI=1S/C11H12O2/c1-7-4-5-9-8(6-7)10(12)13-11(9,2)3/h4-6H,1-3H3.